The van der Waals surface area contributed by atoms with Crippen LogP contribution in [-0.4, -0.2) is 42.8 Å². The average Bonchev–Trinajstić information content (AvgIpc) is 2.53. The Kier molecular flexibility index (Phi) is 4.61. The SMILES string of the molecule is CC(C)(C)OC(=O)N1CCC2CCN(c3ccc(N)cc3)CC2C1. The summed E-state index contributed by atoms with van der Waals surface area (Å²) in [5.74, 6) is 1.23. The molecule has 5 nitrogen and oxygen atoms in total. The van der Waals surface area contributed by atoms with Gasteiger partial charge in [0.25, 0.3) is 0 Å². The van der Waals surface area contributed by atoms with Gasteiger partial charge in [0, 0.05) is 37.6 Å². The van der Waals surface area contributed by atoms with E-state index in [4.69, 9.17) is 10.5 Å². The van der Waals surface area contributed by atoms with Gasteiger partial charge >= 0.3 is 6.09 Å². The lowest BCUT2D eigenvalue weighted by molar-refractivity contribution is 0.00860. The lowest BCUT2D eigenvalue weighted by Crippen LogP contribution is -2.52. The smallest absolute Gasteiger partial charge is 0.410 e. The molecule has 2 saturated heterocycles. The zero-order chi connectivity index (χ0) is 17.3. The van der Waals surface area contributed by atoms with Gasteiger partial charge in [0.15, 0.2) is 0 Å². The molecular weight excluding hydrogens is 302 g/mol. The predicted molar refractivity (Wildman–Crippen MR) is 97.1 cm³/mol. The van der Waals surface area contributed by atoms with Gasteiger partial charge in [-0.1, -0.05) is 0 Å². The molecule has 0 spiro atoms. The van der Waals surface area contributed by atoms with Crippen molar-refractivity contribution in [1.29, 1.82) is 0 Å². The highest BCUT2D eigenvalue weighted by Gasteiger charge is 2.36. The number of amides is 1. The van der Waals surface area contributed by atoms with Crippen LogP contribution in [0.2, 0.25) is 0 Å². The second kappa shape index (κ2) is 6.54. The minimum absolute atomic E-state index is 0.175. The van der Waals surface area contributed by atoms with E-state index >= 15 is 0 Å². The van der Waals surface area contributed by atoms with Crippen molar-refractivity contribution in [3.05, 3.63) is 24.3 Å². The number of nitrogen functional groups attached to an aromatic ring is 1. The van der Waals surface area contributed by atoms with Gasteiger partial charge in [-0.15, -0.1) is 0 Å². The molecule has 2 heterocycles. The van der Waals surface area contributed by atoms with E-state index in [0.29, 0.717) is 11.8 Å². The van der Waals surface area contributed by atoms with E-state index in [1.54, 1.807) is 0 Å². The monoisotopic (exact) mass is 331 g/mol. The van der Waals surface area contributed by atoms with E-state index in [1.165, 1.54) is 12.1 Å². The summed E-state index contributed by atoms with van der Waals surface area (Å²) in [7, 11) is 0. The first-order valence-electron chi connectivity index (χ1n) is 8.90. The number of nitrogens with zero attached hydrogens (tertiary/aromatic N) is 2. The standard InChI is InChI=1S/C19H29N3O2/c1-19(2,3)24-18(23)22-11-9-14-8-10-21(12-15(14)13-22)17-6-4-16(20)5-7-17/h4-7,14-15H,8-13,20H2,1-3H3. The molecule has 1 aromatic carbocycles. The number of likely N-dealkylation sites (tertiary alicyclic amines) is 1. The van der Waals surface area contributed by atoms with Gasteiger partial charge in [-0.05, 0) is 69.7 Å². The molecule has 0 saturated carbocycles. The van der Waals surface area contributed by atoms with Crippen LogP contribution >= 0.6 is 0 Å². The first-order valence-corrected chi connectivity index (χ1v) is 8.90. The van der Waals surface area contributed by atoms with Gasteiger partial charge in [0.2, 0.25) is 0 Å². The minimum atomic E-state index is -0.434. The normalized spacial score (nSPS) is 24.5. The van der Waals surface area contributed by atoms with Crippen LogP contribution in [0.3, 0.4) is 0 Å². The number of rotatable bonds is 1. The second-order valence-electron chi connectivity index (χ2n) is 8.06. The minimum Gasteiger partial charge on any atom is -0.444 e. The molecule has 5 heteroatoms. The largest absolute Gasteiger partial charge is 0.444 e. The molecule has 132 valence electrons. The second-order valence-corrected chi connectivity index (χ2v) is 8.06. The number of fused-ring (bicyclic) bond motifs is 1. The summed E-state index contributed by atoms with van der Waals surface area (Å²) in [5.41, 5.74) is 7.37. The Morgan fingerprint density at radius 2 is 1.75 bits per heavy atom. The lowest BCUT2D eigenvalue weighted by Gasteiger charge is -2.45. The third kappa shape index (κ3) is 3.94. The van der Waals surface area contributed by atoms with E-state index in [2.05, 4.69) is 17.0 Å². The van der Waals surface area contributed by atoms with Crippen LogP contribution in [0.4, 0.5) is 16.2 Å². The third-order valence-electron chi connectivity index (χ3n) is 5.03. The molecule has 0 radical (unpaired) electrons. The highest BCUT2D eigenvalue weighted by atomic mass is 16.6. The number of carbonyl (C=O) groups excluding carboxylic acids is 1. The highest BCUT2D eigenvalue weighted by molar-refractivity contribution is 5.68. The van der Waals surface area contributed by atoms with Gasteiger partial charge in [-0.25, -0.2) is 4.79 Å². The molecule has 2 aliphatic rings. The van der Waals surface area contributed by atoms with Crippen LogP contribution in [-0.2, 0) is 4.74 Å². The summed E-state index contributed by atoms with van der Waals surface area (Å²) in [6, 6.07) is 8.08. The lowest BCUT2D eigenvalue weighted by atomic mass is 9.80. The first kappa shape index (κ1) is 16.9. The third-order valence-corrected chi connectivity index (χ3v) is 5.03. The van der Waals surface area contributed by atoms with E-state index in [0.717, 1.165) is 38.3 Å². The zero-order valence-corrected chi connectivity index (χ0v) is 15.0. The molecule has 0 aliphatic carbocycles. The Hall–Kier alpha value is -1.91. The molecule has 2 aliphatic heterocycles. The molecule has 2 atom stereocenters. The number of hydrogen-bond acceptors (Lipinski definition) is 4. The quantitative estimate of drug-likeness (QED) is 0.802. The van der Waals surface area contributed by atoms with E-state index in [1.807, 2.05) is 37.8 Å². The Morgan fingerprint density at radius 1 is 1.08 bits per heavy atom. The fourth-order valence-electron chi connectivity index (χ4n) is 3.78. The van der Waals surface area contributed by atoms with Gasteiger partial charge in [-0.2, -0.15) is 0 Å². The van der Waals surface area contributed by atoms with Crippen molar-refractivity contribution in [2.24, 2.45) is 11.8 Å². The van der Waals surface area contributed by atoms with Gasteiger partial charge in [-0.3, -0.25) is 0 Å². The maximum absolute atomic E-state index is 12.4. The van der Waals surface area contributed by atoms with Crippen LogP contribution in [0.15, 0.2) is 24.3 Å². The molecule has 1 aromatic rings. The number of carbonyl (C=O) groups is 1. The fraction of sp³-hybridized carbons (Fsp3) is 0.632. The molecule has 3 rings (SSSR count). The predicted octanol–water partition coefficient (Wildman–Crippen LogP) is 3.35. The fourth-order valence-corrected chi connectivity index (χ4v) is 3.78. The topological polar surface area (TPSA) is 58.8 Å². The van der Waals surface area contributed by atoms with Crippen LogP contribution in [0.25, 0.3) is 0 Å². The number of benzene rings is 1. The van der Waals surface area contributed by atoms with Gasteiger partial charge < -0.3 is 20.3 Å². The van der Waals surface area contributed by atoms with Crippen LogP contribution in [0.1, 0.15) is 33.6 Å². The number of ether oxygens (including phenoxy) is 1. The molecular formula is C19H29N3O2. The maximum Gasteiger partial charge on any atom is 0.410 e. The van der Waals surface area contributed by atoms with E-state index in [-0.39, 0.29) is 6.09 Å². The molecule has 2 fully saturated rings. The molecule has 24 heavy (non-hydrogen) atoms. The van der Waals surface area contributed by atoms with Crippen LogP contribution in [0.5, 0.6) is 0 Å². The van der Waals surface area contributed by atoms with Crippen molar-refractivity contribution >= 4 is 17.5 Å². The molecule has 2 N–H and O–H groups in total. The van der Waals surface area contributed by atoms with Crippen molar-refractivity contribution in [3.63, 3.8) is 0 Å². The molecule has 0 aromatic heterocycles. The number of hydrogen-bond donors (Lipinski definition) is 1. The summed E-state index contributed by atoms with van der Waals surface area (Å²) < 4.78 is 5.54. The highest BCUT2D eigenvalue weighted by Crippen LogP contribution is 2.34. The maximum atomic E-state index is 12.4. The molecule has 2 unspecified atom stereocenters. The van der Waals surface area contributed by atoms with E-state index < -0.39 is 5.60 Å². The van der Waals surface area contributed by atoms with Crippen molar-refractivity contribution in [1.82, 2.24) is 4.90 Å². The van der Waals surface area contributed by atoms with Crippen LogP contribution in [0, 0.1) is 11.8 Å². The first-order chi connectivity index (χ1) is 11.3. The Balaban J connectivity index is 1.63. The Bertz CT molecular complexity index is 579. The Labute approximate surface area is 144 Å². The van der Waals surface area contributed by atoms with E-state index in [9.17, 15) is 4.79 Å². The summed E-state index contributed by atoms with van der Waals surface area (Å²) in [4.78, 5) is 16.7. The number of nitrogens with two attached hydrogens (primary N) is 1. The van der Waals surface area contributed by atoms with Crippen LogP contribution < -0.4 is 10.6 Å². The number of piperidine rings is 2. The van der Waals surface area contributed by atoms with Crippen molar-refractivity contribution in [3.8, 4) is 0 Å². The summed E-state index contributed by atoms with van der Waals surface area (Å²) in [6.07, 6.45) is 2.10. The van der Waals surface area contributed by atoms with Crippen molar-refractivity contribution in [2.45, 2.75) is 39.2 Å². The average molecular weight is 331 g/mol. The van der Waals surface area contributed by atoms with Crippen molar-refractivity contribution in [2.75, 3.05) is 36.8 Å². The van der Waals surface area contributed by atoms with Gasteiger partial charge in [0.05, 0.1) is 0 Å². The molecule has 1 amide bonds. The molecule has 0 bridgehead atoms. The summed E-state index contributed by atoms with van der Waals surface area (Å²) >= 11 is 0. The summed E-state index contributed by atoms with van der Waals surface area (Å²) in [6.45, 7) is 9.44. The van der Waals surface area contributed by atoms with Gasteiger partial charge in [0.1, 0.15) is 5.60 Å². The summed E-state index contributed by atoms with van der Waals surface area (Å²) in [5, 5.41) is 0. The Morgan fingerprint density at radius 3 is 2.42 bits per heavy atom. The number of anilines is 2. The zero-order valence-electron chi connectivity index (χ0n) is 15.0. The van der Waals surface area contributed by atoms with Crippen molar-refractivity contribution < 1.29 is 9.53 Å².